The standard InChI is InChI=1S/C18H17BrN4O3/c1-12(16(24)21-14-7-5-13(19)6-8-14)26-18(25)15-11-20-22(2)17(15)23-9-3-4-10-23/h3-12H,1-2H3,(H,21,24)/t12-/m1/s1. The first-order valence-corrected chi connectivity index (χ1v) is 8.68. The molecular weight excluding hydrogens is 400 g/mol. The van der Waals surface area contributed by atoms with E-state index >= 15 is 0 Å². The summed E-state index contributed by atoms with van der Waals surface area (Å²) in [7, 11) is 1.73. The molecule has 1 N–H and O–H groups in total. The molecule has 0 aliphatic rings. The normalized spacial score (nSPS) is 11.8. The number of hydrogen-bond acceptors (Lipinski definition) is 4. The Balaban J connectivity index is 1.70. The molecule has 0 aliphatic carbocycles. The van der Waals surface area contributed by atoms with E-state index in [0.29, 0.717) is 11.5 Å². The third-order valence-electron chi connectivity index (χ3n) is 3.74. The van der Waals surface area contributed by atoms with Gasteiger partial charge in [-0.3, -0.25) is 9.48 Å². The van der Waals surface area contributed by atoms with Crippen LogP contribution in [0, 0.1) is 0 Å². The first-order chi connectivity index (χ1) is 12.5. The van der Waals surface area contributed by atoms with Crippen molar-refractivity contribution in [2.24, 2.45) is 7.05 Å². The average Bonchev–Trinajstić information content (AvgIpc) is 3.25. The van der Waals surface area contributed by atoms with Gasteiger partial charge in [0.1, 0.15) is 11.4 Å². The Morgan fingerprint density at radius 1 is 1.19 bits per heavy atom. The predicted molar refractivity (Wildman–Crippen MR) is 100 cm³/mol. The molecule has 8 heteroatoms. The van der Waals surface area contributed by atoms with E-state index in [0.717, 1.165) is 4.47 Å². The summed E-state index contributed by atoms with van der Waals surface area (Å²) in [6.07, 6.45) is 4.08. The van der Waals surface area contributed by atoms with Gasteiger partial charge in [0.15, 0.2) is 6.10 Å². The third-order valence-corrected chi connectivity index (χ3v) is 4.27. The van der Waals surface area contributed by atoms with E-state index in [1.165, 1.54) is 13.1 Å². The summed E-state index contributed by atoms with van der Waals surface area (Å²) >= 11 is 3.33. The highest BCUT2D eigenvalue weighted by Crippen LogP contribution is 2.17. The zero-order valence-electron chi connectivity index (χ0n) is 14.2. The Kier molecular flexibility index (Phi) is 5.22. The summed E-state index contributed by atoms with van der Waals surface area (Å²) in [4.78, 5) is 24.8. The molecule has 0 radical (unpaired) electrons. The third kappa shape index (κ3) is 3.85. The minimum atomic E-state index is -0.955. The highest BCUT2D eigenvalue weighted by atomic mass is 79.9. The molecule has 26 heavy (non-hydrogen) atoms. The number of carbonyl (C=O) groups excluding carboxylic acids is 2. The monoisotopic (exact) mass is 416 g/mol. The van der Waals surface area contributed by atoms with Crippen molar-refractivity contribution in [2.45, 2.75) is 13.0 Å². The van der Waals surface area contributed by atoms with E-state index in [-0.39, 0.29) is 5.56 Å². The number of aryl methyl sites for hydroxylation is 1. The number of halogens is 1. The number of carbonyl (C=O) groups is 2. The first kappa shape index (κ1) is 17.9. The summed E-state index contributed by atoms with van der Waals surface area (Å²) in [6, 6.07) is 10.8. The Morgan fingerprint density at radius 2 is 1.85 bits per heavy atom. The van der Waals surface area contributed by atoms with Crippen LogP contribution >= 0.6 is 15.9 Å². The highest BCUT2D eigenvalue weighted by Gasteiger charge is 2.23. The van der Waals surface area contributed by atoms with Crippen LogP contribution in [0.4, 0.5) is 5.69 Å². The summed E-state index contributed by atoms with van der Waals surface area (Å²) < 4.78 is 9.56. The Morgan fingerprint density at radius 3 is 2.50 bits per heavy atom. The lowest BCUT2D eigenvalue weighted by molar-refractivity contribution is -0.123. The van der Waals surface area contributed by atoms with Crippen LogP contribution in [0.1, 0.15) is 17.3 Å². The smallest absolute Gasteiger partial charge is 0.344 e. The van der Waals surface area contributed by atoms with E-state index in [2.05, 4.69) is 26.3 Å². The van der Waals surface area contributed by atoms with Crippen LogP contribution in [-0.4, -0.2) is 32.3 Å². The molecule has 0 spiro atoms. The minimum absolute atomic E-state index is 0.284. The van der Waals surface area contributed by atoms with Crippen LogP contribution in [0.15, 0.2) is 59.5 Å². The lowest BCUT2D eigenvalue weighted by Gasteiger charge is -2.14. The van der Waals surface area contributed by atoms with Crippen LogP contribution in [0.3, 0.4) is 0 Å². The van der Waals surface area contributed by atoms with Gasteiger partial charge in [-0.25, -0.2) is 4.79 Å². The number of aromatic nitrogens is 3. The molecule has 0 bridgehead atoms. The van der Waals surface area contributed by atoms with Crippen molar-refractivity contribution in [3.63, 3.8) is 0 Å². The lowest BCUT2D eigenvalue weighted by Crippen LogP contribution is -2.30. The van der Waals surface area contributed by atoms with E-state index in [1.807, 2.05) is 24.3 Å². The van der Waals surface area contributed by atoms with E-state index in [9.17, 15) is 9.59 Å². The van der Waals surface area contributed by atoms with Gasteiger partial charge < -0.3 is 14.6 Å². The molecule has 0 saturated heterocycles. The van der Waals surface area contributed by atoms with Gasteiger partial charge in [0.25, 0.3) is 5.91 Å². The SMILES string of the molecule is C[C@@H](OC(=O)c1cnn(C)c1-n1cccc1)C(=O)Nc1ccc(Br)cc1. The van der Waals surface area contributed by atoms with E-state index in [1.54, 1.807) is 40.8 Å². The second-order valence-electron chi connectivity index (χ2n) is 5.64. The summed E-state index contributed by atoms with van der Waals surface area (Å²) in [5.74, 6) is -0.451. The molecule has 1 atom stereocenters. The maximum Gasteiger partial charge on any atom is 0.344 e. The zero-order chi connectivity index (χ0) is 18.7. The molecule has 3 aromatic rings. The highest BCUT2D eigenvalue weighted by molar-refractivity contribution is 9.10. The van der Waals surface area contributed by atoms with Gasteiger partial charge in [0.05, 0.1) is 6.20 Å². The van der Waals surface area contributed by atoms with Crippen LogP contribution < -0.4 is 5.32 Å². The van der Waals surface area contributed by atoms with Gasteiger partial charge in [-0.05, 0) is 43.3 Å². The van der Waals surface area contributed by atoms with Crippen molar-refractivity contribution in [1.82, 2.24) is 14.3 Å². The molecule has 2 heterocycles. The lowest BCUT2D eigenvalue weighted by atomic mass is 10.3. The molecule has 3 rings (SSSR count). The fourth-order valence-corrected chi connectivity index (χ4v) is 2.68. The fourth-order valence-electron chi connectivity index (χ4n) is 2.41. The number of rotatable bonds is 5. The quantitative estimate of drug-likeness (QED) is 0.647. The number of nitrogens with zero attached hydrogens (tertiary/aromatic N) is 3. The van der Waals surface area contributed by atoms with Crippen molar-refractivity contribution in [2.75, 3.05) is 5.32 Å². The van der Waals surface area contributed by atoms with Crippen molar-refractivity contribution >= 4 is 33.5 Å². The van der Waals surface area contributed by atoms with Crippen molar-refractivity contribution in [3.8, 4) is 5.82 Å². The largest absolute Gasteiger partial charge is 0.449 e. The number of esters is 1. The van der Waals surface area contributed by atoms with Gasteiger partial charge in [-0.15, -0.1) is 0 Å². The van der Waals surface area contributed by atoms with Gasteiger partial charge in [0, 0.05) is 29.6 Å². The number of benzene rings is 1. The molecule has 0 aliphatic heterocycles. The number of anilines is 1. The molecule has 0 fully saturated rings. The van der Waals surface area contributed by atoms with Crippen molar-refractivity contribution < 1.29 is 14.3 Å². The summed E-state index contributed by atoms with van der Waals surface area (Å²) in [5, 5.41) is 6.82. The summed E-state index contributed by atoms with van der Waals surface area (Å²) in [6.45, 7) is 1.53. The molecule has 0 saturated carbocycles. The zero-order valence-corrected chi connectivity index (χ0v) is 15.8. The van der Waals surface area contributed by atoms with E-state index < -0.39 is 18.0 Å². The predicted octanol–water partition coefficient (Wildman–Crippen LogP) is 3.16. The molecule has 1 aromatic carbocycles. The average molecular weight is 417 g/mol. The van der Waals surface area contributed by atoms with Crippen LogP contribution in [0.5, 0.6) is 0 Å². The number of hydrogen-bond donors (Lipinski definition) is 1. The maximum atomic E-state index is 12.5. The molecular formula is C18H17BrN4O3. The Bertz CT molecular complexity index is 917. The van der Waals surface area contributed by atoms with Crippen LogP contribution in [-0.2, 0) is 16.6 Å². The van der Waals surface area contributed by atoms with Crippen molar-refractivity contribution in [1.29, 1.82) is 0 Å². The minimum Gasteiger partial charge on any atom is -0.449 e. The molecule has 2 aromatic heterocycles. The second-order valence-corrected chi connectivity index (χ2v) is 6.56. The fraction of sp³-hybridized carbons (Fsp3) is 0.167. The maximum absolute atomic E-state index is 12.5. The number of amides is 1. The summed E-state index contributed by atoms with van der Waals surface area (Å²) in [5.41, 5.74) is 0.905. The molecule has 1 amide bonds. The van der Waals surface area contributed by atoms with Crippen molar-refractivity contribution in [3.05, 3.63) is 65.0 Å². The second kappa shape index (κ2) is 7.57. The van der Waals surface area contributed by atoms with Crippen LogP contribution in [0.25, 0.3) is 5.82 Å². The molecule has 7 nitrogen and oxygen atoms in total. The topological polar surface area (TPSA) is 78.2 Å². The van der Waals surface area contributed by atoms with Gasteiger partial charge in [-0.2, -0.15) is 5.10 Å². The first-order valence-electron chi connectivity index (χ1n) is 7.88. The molecule has 0 unspecified atom stereocenters. The number of ether oxygens (including phenoxy) is 1. The Hall–Kier alpha value is -2.87. The van der Waals surface area contributed by atoms with E-state index in [4.69, 9.17) is 4.74 Å². The Labute approximate surface area is 158 Å². The number of nitrogens with one attached hydrogen (secondary N) is 1. The van der Waals surface area contributed by atoms with Crippen LogP contribution in [0.2, 0.25) is 0 Å². The van der Waals surface area contributed by atoms with Gasteiger partial charge in [0.2, 0.25) is 0 Å². The molecule has 134 valence electrons. The van der Waals surface area contributed by atoms with Gasteiger partial charge >= 0.3 is 5.97 Å². The van der Waals surface area contributed by atoms with Gasteiger partial charge in [-0.1, -0.05) is 15.9 Å².